The second kappa shape index (κ2) is 7.71. The summed E-state index contributed by atoms with van der Waals surface area (Å²) in [6, 6.07) is 18.4. The number of carbonyl (C=O) groups is 1. The Bertz CT molecular complexity index is 1340. The van der Waals surface area contributed by atoms with Crippen molar-refractivity contribution < 1.29 is 4.79 Å². The van der Waals surface area contributed by atoms with Crippen molar-refractivity contribution >= 4 is 27.7 Å². The lowest BCUT2D eigenvalue weighted by molar-refractivity contribution is -0.127. The second-order valence-electron chi connectivity index (χ2n) is 8.60. The topological polar surface area (TPSA) is 72.2 Å². The van der Waals surface area contributed by atoms with E-state index in [1.165, 1.54) is 5.56 Å². The van der Waals surface area contributed by atoms with Gasteiger partial charge >= 0.3 is 0 Å². The molecule has 1 atom stereocenters. The SMILES string of the molecule is CN(Cc1ccc2[nH]c(-c3cc4ccccc4[nH]c3=O)cc2c1)CC1CCC(=O)N1C. The van der Waals surface area contributed by atoms with E-state index in [1.807, 2.05) is 48.3 Å². The fourth-order valence-corrected chi connectivity index (χ4v) is 4.59. The number of likely N-dealkylation sites (N-methyl/N-ethyl adjacent to an activating group) is 2. The van der Waals surface area contributed by atoms with Crippen molar-refractivity contribution in [3.8, 4) is 11.3 Å². The molecular weight excluding hydrogens is 388 g/mol. The molecule has 31 heavy (non-hydrogen) atoms. The van der Waals surface area contributed by atoms with Crippen LogP contribution in [0.4, 0.5) is 0 Å². The summed E-state index contributed by atoms with van der Waals surface area (Å²) in [6.07, 6.45) is 1.58. The number of hydrogen-bond donors (Lipinski definition) is 2. The van der Waals surface area contributed by atoms with Gasteiger partial charge in [0, 0.05) is 49.0 Å². The van der Waals surface area contributed by atoms with E-state index in [2.05, 4.69) is 40.1 Å². The van der Waals surface area contributed by atoms with Crippen molar-refractivity contribution in [2.75, 3.05) is 20.6 Å². The fraction of sp³-hybridized carbons (Fsp3) is 0.280. The summed E-state index contributed by atoms with van der Waals surface area (Å²) in [4.78, 5) is 34.9. The van der Waals surface area contributed by atoms with Crippen LogP contribution in [0, 0.1) is 0 Å². The van der Waals surface area contributed by atoms with Crippen LogP contribution < -0.4 is 5.56 Å². The molecule has 1 unspecified atom stereocenters. The van der Waals surface area contributed by atoms with Gasteiger partial charge in [-0.05, 0) is 54.8 Å². The first-order valence-electron chi connectivity index (χ1n) is 10.7. The van der Waals surface area contributed by atoms with Gasteiger partial charge in [-0.15, -0.1) is 0 Å². The first-order valence-corrected chi connectivity index (χ1v) is 10.7. The van der Waals surface area contributed by atoms with E-state index in [9.17, 15) is 9.59 Å². The van der Waals surface area contributed by atoms with Crippen molar-refractivity contribution in [1.29, 1.82) is 0 Å². The maximum atomic E-state index is 12.6. The average Bonchev–Trinajstić information content (AvgIpc) is 3.31. The minimum absolute atomic E-state index is 0.0968. The molecule has 1 aliphatic rings. The van der Waals surface area contributed by atoms with Gasteiger partial charge in [-0.1, -0.05) is 24.3 Å². The van der Waals surface area contributed by atoms with E-state index in [4.69, 9.17) is 0 Å². The van der Waals surface area contributed by atoms with Gasteiger partial charge in [-0.2, -0.15) is 0 Å². The number of nitrogens with zero attached hydrogens (tertiary/aromatic N) is 2. The van der Waals surface area contributed by atoms with E-state index >= 15 is 0 Å². The molecule has 2 aromatic heterocycles. The van der Waals surface area contributed by atoms with Crippen LogP contribution in [0.25, 0.3) is 33.1 Å². The molecule has 0 spiro atoms. The minimum Gasteiger partial charge on any atom is -0.354 e. The summed E-state index contributed by atoms with van der Waals surface area (Å²) < 4.78 is 0. The quantitative estimate of drug-likeness (QED) is 0.523. The molecule has 5 rings (SSSR count). The van der Waals surface area contributed by atoms with Crippen molar-refractivity contribution in [2.24, 2.45) is 0 Å². The van der Waals surface area contributed by atoms with Crippen molar-refractivity contribution in [3.63, 3.8) is 0 Å². The summed E-state index contributed by atoms with van der Waals surface area (Å²) >= 11 is 0. The highest BCUT2D eigenvalue weighted by Crippen LogP contribution is 2.25. The highest BCUT2D eigenvalue weighted by atomic mass is 16.2. The lowest BCUT2D eigenvalue weighted by atomic mass is 10.1. The first-order chi connectivity index (χ1) is 15.0. The van der Waals surface area contributed by atoms with Crippen LogP contribution in [0.1, 0.15) is 18.4 Å². The number of amides is 1. The molecule has 1 fully saturated rings. The lowest BCUT2D eigenvalue weighted by Gasteiger charge is -2.26. The van der Waals surface area contributed by atoms with Crippen LogP contribution in [0.2, 0.25) is 0 Å². The van der Waals surface area contributed by atoms with E-state index in [0.29, 0.717) is 18.0 Å². The Morgan fingerprint density at radius 3 is 2.61 bits per heavy atom. The zero-order valence-corrected chi connectivity index (χ0v) is 17.8. The Kier molecular flexibility index (Phi) is 4.87. The number of carbonyl (C=O) groups excluding carboxylic acids is 1. The number of aromatic amines is 2. The van der Waals surface area contributed by atoms with Crippen LogP contribution in [-0.4, -0.2) is 52.4 Å². The molecule has 1 amide bonds. The third kappa shape index (κ3) is 3.75. The van der Waals surface area contributed by atoms with Crippen LogP contribution in [0.3, 0.4) is 0 Å². The summed E-state index contributed by atoms with van der Waals surface area (Å²) in [6.45, 7) is 1.68. The highest BCUT2D eigenvalue weighted by Gasteiger charge is 2.28. The molecule has 0 saturated carbocycles. The van der Waals surface area contributed by atoms with E-state index in [0.717, 1.165) is 47.0 Å². The normalized spacial score (nSPS) is 16.8. The van der Waals surface area contributed by atoms with Crippen molar-refractivity contribution in [1.82, 2.24) is 19.8 Å². The molecule has 2 N–H and O–H groups in total. The highest BCUT2D eigenvalue weighted by molar-refractivity contribution is 5.89. The molecule has 0 radical (unpaired) electrons. The van der Waals surface area contributed by atoms with Crippen LogP contribution >= 0.6 is 0 Å². The zero-order chi connectivity index (χ0) is 21.5. The monoisotopic (exact) mass is 414 g/mol. The molecule has 3 heterocycles. The Morgan fingerprint density at radius 2 is 1.81 bits per heavy atom. The fourth-order valence-electron chi connectivity index (χ4n) is 4.59. The molecular formula is C25H26N4O2. The number of hydrogen-bond acceptors (Lipinski definition) is 3. The Labute approximate surface area is 180 Å². The minimum atomic E-state index is -0.0968. The van der Waals surface area contributed by atoms with Gasteiger partial charge in [0.1, 0.15) is 0 Å². The van der Waals surface area contributed by atoms with Gasteiger partial charge < -0.3 is 19.8 Å². The number of pyridine rings is 1. The third-order valence-corrected chi connectivity index (χ3v) is 6.34. The van der Waals surface area contributed by atoms with Crippen LogP contribution in [0.15, 0.2) is 59.4 Å². The number of para-hydroxylation sites is 1. The van der Waals surface area contributed by atoms with E-state index < -0.39 is 0 Å². The Balaban J connectivity index is 1.39. The molecule has 6 heteroatoms. The van der Waals surface area contributed by atoms with Crippen molar-refractivity contribution in [3.05, 3.63) is 70.5 Å². The largest absolute Gasteiger partial charge is 0.354 e. The summed E-state index contributed by atoms with van der Waals surface area (Å²) in [5.74, 6) is 0.239. The number of benzene rings is 2. The number of nitrogens with one attached hydrogen (secondary N) is 2. The summed E-state index contributed by atoms with van der Waals surface area (Å²) in [7, 11) is 3.99. The van der Waals surface area contributed by atoms with Crippen molar-refractivity contribution in [2.45, 2.75) is 25.4 Å². The third-order valence-electron chi connectivity index (χ3n) is 6.34. The second-order valence-corrected chi connectivity index (χ2v) is 8.60. The van der Waals surface area contributed by atoms with Gasteiger partial charge in [0.25, 0.3) is 5.56 Å². The van der Waals surface area contributed by atoms with Gasteiger partial charge in [0.15, 0.2) is 0 Å². The maximum absolute atomic E-state index is 12.6. The smallest absolute Gasteiger partial charge is 0.257 e. The molecule has 1 aliphatic heterocycles. The number of H-pyrrole nitrogens is 2. The molecule has 0 bridgehead atoms. The molecule has 1 saturated heterocycles. The number of fused-ring (bicyclic) bond motifs is 2. The summed E-state index contributed by atoms with van der Waals surface area (Å²) in [5, 5.41) is 2.09. The molecule has 0 aliphatic carbocycles. The number of likely N-dealkylation sites (tertiary alicyclic amines) is 1. The zero-order valence-electron chi connectivity index (χ0n) is 17.8. The van der Waals surface area contributed by atoms with E-state index in [1.54, 1.807) is 0 Å². The molecule has 158 valence electrons. The molecule has 2 aromatic carbocycles. The predicted molar refractivity (Wildman–Crippen MR) is 124 cm³/mol. The number of aromatic nitrogens is 2. The lowest BCUT2D eigenvalue weighted by Crippen LogP contribution is -2.37. The van der Waals surface area contributed by atoms with Gasteiger partial charge in [-0.3, -0.25) is 9.59 Å². The Hall–Kier alpha value is -3.38. The van der Waals surface area contributed by atoms with E-state index in [-0.39, 0.29) is 11.5 Å². The Morgan fingerprint density at radius 1 is 1.00 bits per heavy atom. The van der Waals surface area contributed by atoms with Gasteiger partial charge in [0.05, 0.1) is 11.3 Å². The molecule has 4 aromatic rings. The van der Waals surface area contributed by atoms with Gasteiger partial charge in [-0.25, -0.2) is 0 Å². The average molecular weight is 415 g/mol. The first kappa shape index (κ1) is 19.6. The van der Waals surface area contributed by atoms with Crippen LogP contribution in [0.5, 0.6) is 0 Å². The standard InChI is InChI=1S/C25H26N4O2/c1-28(15-19-8-10-24(30)29(19)2)14-16-7-9-22-18(11-16)13-23(26-22)20-12-17-5-3-4-6-21(17)27-25(20)31/h3-7,9,11-13,19,26H,8,10,14-15H2,1-2H3,(H,27,31). The number of rotatable bonds is 5. The van der Waals surface area contributed by atoms with Crippen LogP contribution in [-0.2, 0) is 11.3 Å². The predicted octanol–water partition coefficient (Wildman–Crippen LogP) is 3.73. The van der Waals surface area contributed by atoms with Gasteiger partial charge in [0.2, 0.25) is 5.91 Å². The maximum Gasteiger partial charge on any atom is 0.257 e. The summed E-state index contributed by atoms with van der Waals surface area (Å²) in [5.41, 5.74) is 4.42. The molecule has 6 nitrogen and oxygen atoms in total.